The first kappa shape index (κ1) is 12.5. The second-order valence-corrected chi connectivity index (χ2v) is 5.75. The smallest absolute Gasteiger partial charge is 0.313 e. The van der Waals surface area contributed by atoms with Crippen molar-refractivity contribution in [2.75, 3.05) is 25.1 Å². The number of rotatable bonds is 2. The molecule has 0 N–H and O–H groups in total. The Hall–Kier alpha value is -1.58. The SMILES string of the molecule is COC(=O)[C@]12CCC[C@@H]1CN(c1cccc(C)n1)C2. The van der Waals surface area contributed by atoms with Crippen LogP contribution in [-0.2, 0) is 9.53 Å². The summed E-state index contributed by atoms with van der Waals surface area (Å²) >= 11 is 0. The van der Waals surface area contributed by atoms with Crippen LogP contribution in [0.25, 0.3) is 0 Å². The molecule has 0 spiro atoms. The van der Waals surface area contributed by atoms with E-state index in [1.54, 1.807) is 0 Å². The number of ether oxygens (including phenoxy) is 1. The average molecular weight is 260 g/mol. The van der Waals surface area contributed by atoms with Gasteiger partial charge in [-0.05, 0) is 37.8 Å². The highest BCUT2D eigenvalue weighted by Gasteiger charge is 2.55. The van der Waals surface area contributed by atoms with Crippen LogP contribution in [0.1, 0.15) is 25.0 Å². The van der Waals surface area contributed by atoms with E-state index in [0.29, 0.717) is 5.92 Å². The maximum absolute atomic E-state index is 12.2. The Balaban J connectivity index is 1.88. The molecule has 1 saturated heterocycles. The van der Waals surface area contributed by atoms with Crippen LogP contribution in [0.3, 0.4) is 0 Å². The number of methoxy groups -OCH3 is 1. The van der Waals surface area contributed by atoms with E-state index >= 15 is 0 Å². The van der Waals surface area contributed by atoms with E-state index in [2.05, 4.69) is 9.88 Å². The number of hydrogen-bond acceptors (Lipinski definition) is 4. The third-order valence-electron chi connectivity index (χ3n) is 4.66. The van der Waals surface area contributed by atoms with Gasteiger partial charge in [-0.15, -0.1) is 0 Å². The summed E-state index contributed by atoms with van der Waals surface area (Å²) in [7, 11) is 1.50. The van der Waals surface area contributed by atoms with Gasteiger partial charge in [-0.3, -0.25) is 4.79 Å². The minimum absolute atomic E-state index is 0.0369. The molecule has 0 aromatic carbocycles. The lowest BCUT2D eigenvalue weighted by Crippen LogP contribution is -2.37. The summed E-state index contributed by atoms with van der Waals surface area (Å²) in [5.41, 5.74) is 0.724. The molecule has 1 aliphatic heterocycles. The molecule has 3 rings (SSSR count). The largest absolute Gasteiger partial charge is 0.469 e. The maximum Gasteiger partial charge on any atom is 0.313 e. The number of carbonyl (C=O) groups is 1. The minimum atomic E-state index is -0.291. The van der Waals surface area contributed by atoms with Crippen molar-refractivity contribution in [1.29, 1.82) is 0 Å². The van der Waals surface area contributed by atoms with E-state index in [0.717, 1.165) is 43.9 Å². The van der Waals surface area contributed by atoms with E-state index in [1.807, 2.05) is 25.1 Å². The summed E-state index contributed by atoms with van der Waals surface area (Å²) in [6.07, 6.45) is 3.21. The van der Waals surface area contributed by atoms with Crippen molar-refractivity contribution >= 4 is 11.8 Å². The highest BCUT2D eigenvalue weighted by atomic mass is 16.5. The molecular formula is C15H20N2O2. The van der Waals surface area contributed by atoms with Crippen molar-refractivity contribution in [3.05, 3.63) is 23.9 Å². The number of aryl methyl sites for hydroxylation is 1. The lowest BCUT2D eigenvalue weighted by molar-refractivity contribution is -0.152. The Morgan fingerprint density at radius 2 is 2.37 bits per heavy atom. The molecule has 0 radical (unpaired) electrons. The highest BCUT2D eigenvalue weighted by molar-refractivity contribution is 5.79. The third-order valence-corrected chi connectivity index (χ3v) is 4.66. The molecule has 1 aromatic heterocycles. The van der Waals surface area contributed by atoms with Gasteiger partial charge in [-0.1, -0.05) is 12.5 Å². The van der Waals surface area contributed by atoms with Crippen molar-refractivity contribution in [3.8, 4) is 0 Å². The van der Waals surface area contributed by atoms with Crippen molar-refractivity contribution < 1.29 is 9.53 Å². The number of aromatic nitrogens is 1. The first-order valence-corrected chi connectivity index (χ1v) is 6.93. The minimum Gasteiger partial charge on any atom is -0.469 e. The van der Waals surface area contributed by atoms with Gasteiger partial charge in [0.05, 0.1) is 12.5 Å². The van der Waals surface area contributed by atoms with Crippen molar-refractivity contribution in [2.45, 2.75) is 26.2 Å². The van der Waals surface area contributed by atoms with Crippen molar-refractivity contribution in [1.82, 2.24) is 4.98 Å². The Kier molecular flexibility index (Phi) is 2.96. The number of anilines is 1. The molecule has 1 saturated carbocycles. The molecule has 0 bridgehead atoms. The van der Waals surface area contributed by atoms with Gasteiger partial charge in [0.2, 0.25) is 0 Å². The predicted molar refractivity (Wildman–Crippen MR) is 73.0 cm³/mol. The van der Waals surface area contributed by atoms with Crippen LogP contribution in [0.4, 0.5) is 5.82 Å². The number of fused-ring (bicyclic) bond motifs is 1. The van der Waals surface area contributed by atoms with Crippen LogP contribution in [-0.4, -0.2) is 31.2 Å². The fraction of sp³-hybridized carbons (Fsp3) is 0.600. The predicted octanol–water partition coefficient (Wildman–Crippen LogP) is 2.17. The van der Waals surface area contributed by atoms with E-state index in [-0.39, 0.29) is 11.4 Å². The molecule has 0 amide bonds. The summed E-state index contributed by atoms with van der Waals surface area (Å²) in [5, 5.41) is 0. The number of esters is 1. The second kappa shape index (κ2) is 4.51. The molecule has 4 heteroatoms. The number of pyridine rings is 1. The van der Waals surface area contributed by atoms with Gasteiger partial charge >= 0.3 is 5.97 Å². The summed E-state index contributed by atoms with van der Waals surface area (Å²) in [6, 6.07) is 6.05. The molecule has 2 aliphatic rings. The molecule has 19 heavy (non-hydrogen) atoms. The van der Waals surface area contributed by atoms with Crippen LogP contribution < -0.4 is 4.90 Å². The van der Waals surface area contributed by atoms with Gasteiger partial charge < -0.3 is 9.64 Å². The lowest BCUT2D eigenvalue weighted by Gasteiger charge is -2.25. The van der Waals surface area contributed by atoms with Crippen LogP contribution in [0.2, 0.25) is 0 Å². The zero-order valence-corrected chi connectivity index (χ0v) is 11.6. The van der Waals surface area contributed by atoms with E-state index in [4.69, 9.17) is 4.74 Å². The summed E-state index contributed by atoms with van der Waals surface area (Å²) in [6.45, 7) is 3.67. The van der Waals surface area contributed by atoms with Gasteiger partial charge in [0.15, 0.2) is 0 Å². The Morgan fingerprint density at radius 3 is 3.11 bits per heavy atom. The number of carbonyl (C=O) groups excluding carboxylic acids is 1. The van der Waals surface area contributed by atoms with Gasteiger partial charge in [-0.25, -0.2) is 4.98 Å². The van der Waals surface area contributed by atoms with Crippen molar-refractivity contribution in [3.63, 3.8) is 0 Å². The average Bonchev–Trinajstić information content (AvgIpc) is 2.95. The molecule has 1 aliphatic carbocycles. The Labute approximate surface area is 113 Å². The molecule has 4 nitrogen and oxygen atoms in total. The van der Waals surface area contributed by atoms with Crippen LogP contribution >= 0.6 is 0 Å². The number of nitrogens with zero attached hydrogens (tertiary/aromatic N) is 2. The van der Waals surface area contributed by atoms with Gasteiger partial charge in [0.1, 0.15) is 5.82 Å². The van der Waals surface area contributed by atoms with Crippen LogP contribution in [0.5, 0.6) is 0 Å². The van der Waals surface area contributed by atoms with Crippen LogP contribution in [0, 0.1) is 18.3 Å². The fourth-order valence-corrected chi connectivity index (χ4v) is 3.71. The van der Waals surface area contributed by atoms with Crippen LogP contribution in [0.15, 0.2) is 18.2 Å². The summed E-state index contributed by atoms with van der Waals surface area (Å²) < 4.78 is 5.06. The first-order chi connectivity index (χ1) is 9.15. The zero-order chi connectivity index (χ0) is 13.5. The first-order valence-electron chi connectivity index (χ1n) is 6.93. The van der Waals surface area contributed by atoms with Gasteiger partial charge in [-0.2, -0.15) is 0 Å². The standard InChI is InChI=1S/C15H20N2O2/c1-11-5-3-7-13(16-11)17-9-12-6-4-8-15(12,10-17)14(18)19-2/h3,5,7,12H,4,6,8-10H2,1-2H3/t12-,15+/m1/s1. The molecule has 2 atom stereocenters. The van der Waals surface area contributed by atoms with E-state index in [1.165, 1.54) is 7.11 Å². The third kappa shape index (κ3) is 1.90. The van der Waals surface area contributed by atoms with Gasteiger partial charge in [0.25, 0.3) is 0 Å². The van der Waals surface area contributed by atoms with Gasteiger partial charge in [0, 0.05) is 18.8 Å². The summed E-state index contributed by atoms with van der Waals surface area (Å²) in [5.74, 6) is 1.37. The second-order valence-electron chi connectivity index (χ2n) is 5.75. The number of hydrogen-bond donors (Lipinski definition) is 0. The zero-order valence-electron chi connectivity index (χ0n) is 11.6. The van der Waals surface area contributed by atoms with E-state index < -0.39 is 0 Å². The molecule has 2 fully saturated rings. The molecular weight excluding hydrogens is 240 g/mol. The quantitative estimate of drug-likeness (QED) is 0.764. The van der Waals surface area contributed by atoms with Crippen molar-refractivity contribution in [2.24, 2.45) is 11.3 Å². The molecule has 102 valence electrons. The molecule has 1 aromatic rings. The topological polar surface area (TPSA) is 42.4 Å². The molecule has 2 heterocycles. The maximum atomic E-state index is 12.2. The normalized spacial score (nSPS) is 29.4. The Bertz CT molecular complexity index is 503. The monoisotopic (exact) mass is 260 g/mol. The summed E-state index contributed by atoms with van der Waals surface area (Å²) in [4.78, 5) is 19.0. The highest BCUT2D eigenvalue weighted by Crippen LogP contribution is 2.50. The Morgan fingerprint density at radius 1 is 1.53 bits per heavy atom. The van der Waals surface area contributed by atoms with E-state index in [9.17, 15) is 4.79 Å². The molecule has 0 unspecified atom stereocenters. The fourth-order valence-electron chi connectivity index (χ4n) is 3.71. The lowest BCUT2D eigenvalue weighted by atomic mass is 9.81.